The van der Waals surface area contributed by atoms with Crippen LogP contribution in [-0.2, 0) is 4.79 Å². The van der Waals surface area contributed by atoms with Gasteiger partial charge in [0.25, 0.3) is 5.56 Å². The van der Waals surface area contributed by atoms with Gasteiger partial charge in [0.1, 0.15) is 0 Å². The molecule has 0 radical (unpaired) electrons. The molecule has 3 saturated heterocycles. The average molecular weight is 519 g/mol. The summed E-state index contributed by atoms with van der Waals surface area (Å²) >= 11 is 0. The van der Waals surface area contributed by atoms with E-state index in [1.807, 2.05) is 29.2 Å². The van der Waals surface area contributed by atoms with Crippen LogP contribution in [0.15, 0.2) is 29.1 Å². The summed E-state index contributed by atoms with van der Waals surface area (Å²) in [6.45, 7) is 3.10. The summed E-state index contributed by atoms with van der Waals surface area (Å²) in [5.74, 6) is 2.00. The summed E-state index contributed by atoms with van der Waals surface area (Å²) in [5.41, 5.74) is 1.71. The Morgan fingerprint density at radius 2 is 1.61 bits per heavy atom. The smallest absolute Gasteiger partial charge is 0.310 e. The summed E-state index contributed by atoms with van der Waals surface area (Å²) in [6, 6.07) is 10.0. The Morgan fingerprint density at radius 3 is 2.26 bits per heavy atom. The van der Waals surface area contributed by atoms with Gasteiger partial charge < -0.3 is 14.6 Å². The second kappa shape index (κ2) is 9.65. The summed E-state index contributed by atoms with van der Waals surface area (Å²) in [4.78, 5) is 34.9. The van der Waals surface area contributed by atoms with E-state index in [1.54, 1.807) is 0 Å². The van der Waals surface area contributed by atoms with Crippen LogP contribution in [0, 0.1) is 23.7 Å². The van der Waals surface area contributed by atoms with Gasteiger partial charge in [-0.15, -0.1) is 0 Å². The molecule has 3 aliphatic heterocycles. The fourth-order valence-electron chi connectivity index (χ4n) is 9.24. The Bertz CT molecular complexity index is 1240. The number of hydrogen-bond donors (Lipinski definition) is 1. The van der Waals surface area contributed by atoms with E-state index >= 15 is 0 Å². The van der Waals surface area contributed by atoms with Crippen LogP contribution in [0.1, 0.15) is 83.6 Å². The van der Waals surface area contributed by atoms with Crippen molar-refractivity contribution in [2.75, 3.05) is 18.0 Å². The number of carboxylic acid groups (broad SMARTS) is 1. The normalized spacial score (nSPS) is 35.7. The molecule has 204 valence electrons. The molecule has 4 atom stereocenters. The molecule has 38 heavy (non-hydrogen) atoms. The highest BCUT2D eigenvalue weighted by Crippen LogP contribution is 2.49. The third-order valence-electron chi connectivity index (χ3n) is 10.9. The number of carboxylic acids is 1. The molecule has 4 unspecified atom stereocenters. The predicted octanol–water partition coefficient (Wildman–Crippen LogP) is 5.08. The van der Waals surface area contributed by atoms with Crippen molar-refractivity contribution in [3.8, 4) is 0 Å². The fraction of sp³-hybridized carbons (Fsp3) is 0.710. The van der Waals surface area contributed by atoms with Gasteiger partial charge >= 0.3 is 5.97 Å². The molecule has 5 aliphatic rings. The second-order valence-electron chi connectivity index (χ2n) is 13.2. The van der Waals surface area contributed by atoms with Crippen molar-refractivity contribution in [1.29, 1.82) is 0 Å². The Hall–Kier alpha value is -2.41. The van der Waals surface area contributed by atoms with Gasteiger partial charge in [0.15, 0.2) is 5.82 Å². The highest BCUT2D eigenvalue weighted by Gasteiger charge is 2.46. The Kier molecular flexibility index (Phi) is 6.25. The predicted molar refractivity (Wildman–Crippen MR) is 149 cm³/mol. The zero-order chi connectivity index (χ0) is 26.0. The monoisotopic (exact) mass is 518 g/mol. The number of anilines is 1. The largest absolute Gasteiger partial charge is 0.481 e. The lowest BCUT2D eigenvalue weighted by molar-refractivity contribution is -0.142. The molecule has 2 saturated carbocycles. The van der Waals surface area contributed by atoms with E-state index in [-0.39, 0.29) is 11.6 Å². The Labute approximate surface area is 225 Å². The van der Waals surface area contributed by atoms with Crippen LogP contribution >= 0.6 is 0 Å². The van der Waals surface area contributed by atoms with Crippen LogP contribution in [0.4, 0.5) is 5.82 Å². The van der Waals surface area contributed by atoms with Gasteiger partial charge in [-0.1, -0.05) is 31.9 Å². The standard InChI is InChI=1S/C31H42N4O3/c1-2-19-10-20-12-21(11-19)14-25(13-20)34-23-6-5-7-24(34)16-26(15-23)35-28-9-4-3-8-27(28)32-29(30(35)36)33-17-22(18-33)31(37)38/h3-4,8-9,19-26H,2,5-7,10-18H2,1H3,(H,37,38). The first-order valence-electron chi connectivity index (χ1n) is 15.2. The average Bonchev–Trinajstić information content (AvgIpc) is 2.86. The molecule has 0 amide bonds. The number of nitrogens with zero attached hydrogens (tertiary/aromatic N) is 4. The lowest BCUT2D eigenvalue weighted by Crippen LogP contribution is -2.59. The summed E-state index contributed by atoms with van der Waals surface area (Å²) in [6.07, 6.45) is 14.3. The molecule has 7 rings (SSSR count). The molecule has 7 heteroatoms. The van der Waals surface area contributed by atoms with Crippen molar-refractivity contribution in [2.45, 2.75) is 102 Å². The van der Waals surface area contributed by atoms with Gasteiger partial charge in [-0.2, -0.15) is 0 Å². The molecular formula is C31H42N4O3. The van der Waals surface area contributed by atoms with Crippen molar-refractivity contribution in [2.24, 2.45) is 23.7 Å². The maximum atomic E-state index is 14.0. The molecule has 5 fully saturated rings. The molecule has 2 aliphatic carbocycles. The lowest BCUT2D eigenvalue weighted by Gasteiger charge is -2.56. The molecule has 4 bridgehead atoms. The van der Waals surface area contributed by atoms with Crippen molar-refractivity contribution in [1.82, 2.24) is 14.5 Å². The van der Waals surface area contributed by atoms with E-state index in [9.17, 15) is 14.7 Å². The van der Waals surface area contributed by atoms with Crippen LogP contribution in [0.3, 0.4) is 0 Å². The number of aliphatic carboxylic acids is 1. The minimum atomic E-state index is -0.792. The molecule has 1 aromatic heterocycles. The Balaban J connectivity index is 1.17. The zero-order valence-electron chi connectivity index (χ0n) is 22.7. The summed E-state index contributed by atoms with van der Waals surface area (Å²) < 4.78 is 2.05. The first-order valence-corrected chi connectivity index (χ1v) is 15.2. The maximum absolute atomic E-state index is 14.0. The van der Waals surface area contributed by atoms with Crippen molar-refractivity contribution in [3.05, 3.63) is 34.6 Å². The summed E-state index contributed by atoms with van der Waals surface area (Å²) in [7, 11) is 0. The van der Waals surface area contributed by atoms with E-state index in [4.69, 9.17) is 4.98 Å². The van der Waals surface area contributed by atoms with Gasteiger partial charge in [0.05, 0.1) is 17.0 Å². The lowest BCUT2D eigenvalue weighted by atomic mass is 9.64. The van der Waals surface area contributed by atoms with E-state index in [0.717, 1.165) is 47.7 Å². The fourth-order valence-corrected chi connectivity index (χ4v) is 9.24. The van der Waals surface area contributed by atoms with Crippen molar-refractivity contribution in [3.63, 3.8) is 0 Å². The SMILES string of the molecule is CCC1CC2CC(C1)CC(N1C3CCCC1CC(n1c(=O)c(N4CC(C(=O)O)C4)nc4ccccc41)C3)C2. The minimum Gasteiger partial charge on any atom is -0.481 e. The van der Waals surface area contributed by atoms with E-state index in [2.05, 4.69) is 16.4 Å². The number of benzene rings is 1. The number of piperidine rings is 2. The van der Waals surface area contributed by atoms with E-state index in [1.165, 1.54) is 57.8 Å². The topological polar surface area (TPSA) is 78.7 Å². The quantitative estimate of drug-likeness (QED) is 0.595. The minimum absolute atomic E-state index is 0.0399. The number of hydrogen-bond acceptors (Lipinski definition) is 5. The van der Waals surface area contributed by atoms with Gasteiger partial charge in [-0.05, 0) is 87.7 Å². The molecule has 1 N–H and O–H groups in total. The second-order valence-corrected chi connectivity index (χ2v) is 13.2. The molecule has 7 nitrogen and oxygen atoms in total. The van der Waals surface area contributed by atoms with E-state index in [0.29, 0.717) is 31.0 Å². The van der Waals surface area contributed by atoms with Crippen LogP contribution in [-0.4, -0.2) is 56.7 Å². The van der Waals surface area contributed by atoms with Crippen molar-refractivity contribution < 1.29 is 9.90 Å². The first kappa shape index (κ1) is 24.6. The zero-order valence-corrected chi connectivity index (χ0v) is 22.7. The molecule has 0 spiro atoms. The Morgan fingerprint density at radius 1 is 0.921 bits per heavy atom. The highest BCUT2D eigenvalue weighted by atomic mass is 16.4. The van der Waals surface area contributed by atoms with Gasteiger partial charge in [-0.25, -0.2) is 4.98 Å². The van der Waals surface area contributed by atoms with Crippen LogP contribution in [0.25, 0.3) is 11.0 Å². The number of rotatable bonds is 5. The van der Waals surface area contributed by atoms with Crippen molar-refractivity contribution >= 4 is 22.8 Å². The third-order valence-corrected chi connectivity index (χ3v) is 10.9. The molecular weight excluding hydrogens is 476 g/mol. The van der Waals surface area contributed by atoms with Crippen LogP contribution in [0.2, 0.25) is 0 Å². The first-order chi connectivity index (χ1) is 18.5. The maximum Gasteiger partial charge on any atom is 0.310 e. The van der Waals surface area contributed by atoms with Crippen LogP contribution < -0.4 is 10.5 Å². The van der Waals surface area contributed by atoms with Gasteiger partial charge in [0.2, 0.25) is 0 Å². The van der Waals surface area contributed by atoms with Crippen LogP contribution in [0.5, 0.6) is 0 Å². The summed E-state index contributed by atoms with van der Waals surface area (Å²) in [5, 5.41) is 9.36. The number of para-hydroxylation sites is 2. The molecule has 4 heterocycles. The number of fused-ring (bicyclic) bond motifs is 5. The number of aromatic nitrogens is 2. The molecule has 2 aromatic rings. The molecule has 1 aromatic carbocycles. The van der Waals surface area contributed by atoms with Gasteiger partial charge in [-0.3, -0.25) is 14.5 Å². The number of carbonyl (C=O) groups is 1. The van der Waals surface area contributed by atoms with Gasteiger partial charge in [0, 0.05) is 37.3 Å². The third kappa shape index (κ3) is 4.16. The highest BCUT2D eigenvalue weighted by molar-refractivity contribution is 5.78. The van der Waals surface area contributed by atoms with E-state index < -0.39 is 11.9 Å².